The Balaban J connectivity index is 2.62. The zero-order valence-corrected chi connectivity index (χ0v) is 7.92. The second-order valence-electron chi connectivity index (χ2n) is 3.17. The van der Waals surface area contributed by atoms with E-state index < -0.39 is 11.6 Å². The number of nitrogens with zero attached hydrogens (tertiary/aromatic N) is 1. The first-order chi connectivity index (χ1) is 7.08. The summed E-state index contributed by atoms with van der Waals surface area (Å²) in [6, 6.07) is 2.32. The molecule has 1 aromatic carbocycles. The van der Waals surface area contributed by atoms with E-state index in [1.807, 2.05) is 0 Å². The molecule has 0 amide bonds. The minimum absolute atomic E-state index is 0.0116. The number of anilines is 1. The average Bonchev–Trinajstić information content (AvgIpc) is 2.49. The third-order valence-electron chi connectivity index (χ3n) is 1.96. The fourth-order valence-corrected chi connectivity index (χ4v) is 1.34. The molecule has 0 saturated carbocycles. The molecule has 1 heterocycles. The van der Waals surface area contributed by atoms with Crippen molar-refractivity contribution in [1.29, 1.82) is 0 Å². The van der Waals surface area contributed by atoms with E-state index in [4.69, 9.17) is 10.2 Å². The predicted molar refractivity (Wildman–Crippen MR) is 51.0 cm³/mol. The van der Waals surface area contributed by atoms with Gasteiger partial charge in [0.2, 0.25) is 0 Å². The number of nitrogens with two attached hydrogens (primary N) is 1. The summed E-state index contributed by atoms with van der Waals surface area (Å²) < 4.78 is 31.7. The molecule has 3 nitrogen and oxygen atoms in total. The molecule has 5 heteroatoms. The van der Waals surface area contributed by atoms with Crippen molar-refractivity contribution < 1.29 is 13.2 Å². The topological polar surface area (TPSA) is 52.0 Å². The number of benzene rings is 1. The normalized spacial score (nSPS) is 10.6. The fraction of sp³-hybridized carbons (Fsp3) is 0.100. The van der Waals surface area contributed by atoms with Crippen molar-refractivity contribution in [2.24, 2.45) is 0 Å². The molecular weight excluding hydrogens is 202 g/mol. The summed E-state index contributed by atoms with van der Waals surface area (Å²) >= 11 is 0. The van der Waals surface area contributed by atoms with Crippen LogP contribution in [0.4, 0.5) is 14.8 Å². The lowest BCUT2D eigenvalue weighted by Gasteiger charge is -2.02. The van der Waals surface area contributed by atoms with E-state index in [9.17, 15) is 8.78 Å². The Morgan fingerprint density at radius 2 is 1.87 bits per heavy atom. The summed E-state index contributed by atoms with van der Waals surface area (Å²) in [6.45, 7) is 1.60. The van der Waals surface area contributed by atoms with Crippen molar-refractivity contribution in [3.05, 3.63) is 35.5 Å². The molecule has 0 unspecified atom stereocenters. The van der Waals surface area contributed by atoms with Crippen LogP contribution in [0.1, 0.15) is 5.56 Å². The quantitative estimate of drug-likeness (QED) is 0.786. The lowest BCUT2D eigenvalue weighted by Crippen LogP contribution is -1.90. The van der Waals surface area contributed by atoms with Crippen LogP contribution in [-0.4, -0.2) is 4.98 Å². The van der Waals surface area contributed by atoms with E-state index in [1.165, 1.54) is 18.3 Å². The summed E-state index contributed by atoms with van der Waals surface area (Å²) in [5.41, 5.74) is 5.48. The maximum Gasteiger partial charge on any atom is 0.292 e. The van der Waals surface area contributed by atoms with E-state index >= 15 is 0 Å². The molecule has 2 aromatic rings. The van der Waals surface area contributed by atoms with E-state index in [0.29, 0.717) is 5.56 Å². The number of nitrogen functional groups attached to an aromatic ring is 1. The van der Waals surface area contributed by atoms with Gasteiger partial charge in [0.25, 0.3) is 6.01 Å². The predicted octanol–water partition coefficient (Wildman–Crippen LogP) is 2.51. The second-order valence-corrected chi connectivity index (χ2v) is 3.17. The SMILES string of the molecule is Cc1cc(F)c(-c2cnc(N)o2)c(F)c1. The first-order valence-corrected chi connectivity index (χ1v) is 4.25. The first kappa shape index (κ1) is 9.64. The lowest BCUT2D eigenvalue weighted by atomic mass is 10.1. The Morgan fingerprint density at radius 3 is 2.33 bits per heavy atom. The van der Waals surface area contributed by atoms with Crippen LogP contribution in [0.2, 0.25) is 0 Å². The lowest BCUT2D eigenvalue weighted by molar-refractivity contribution is 0.554. The Hall–Kier alpha value is -1.91. The number of oxazole rings is 1. The average molecular weight is 210 g/mol. The van der Waals surface area contributed by atoms with E-state index in [0.717, 1.165) is 0 Å². The van der Waals surface area contributed by atoms with Crippen molar-refractivity contribution in [3.8, 4) is 11.3 Å². The van der Waals surface area contributed by atoms with Gasteiger partial charge in [-0.25, -0.2) is 13.8 Å². The van der Waals surface area contributed by atoms with Gasteiger partial charge in [0.1, 0.15) is 11.6 Å². The monoisotopic (exact) mass is 210 g/mol. The van der Waals surface area contributed by atoms with Crippen LogP contribution in [-0.2, 0) is 0 Å². The Kier molecular flexibility index (Phi) is 2.15. The van der Waals surface area contributed by atoms with Crippen LogP contribution in [0.15, 0.2) is 22.7 Å². The molecule has 1 aromatic heterocycles. The van der Waals surface area contributed by atoms with Crippen LogP contribution >= 0.6 is 0 Å². The van der Waals surface area contributed by atoms with Gasteiger partial charge >= 0.3 is 0 Å². The van der Waals surface area contributed by atoms with Crippen LogP contribution in [0.25, 0.3) is 11.3 Å². The van der Waals surface area contributed by atoms with Gasteiger partial charge in [-0.2, -0.15) is 0 Å². The van der Waals surface area contributed by atoms with Crippen molar-refractivity contribution in [2.75, 3.05) is 5.73 Å². The molecule has 0 aliphatic rings. The van der Waals surface area contributed by atoms with Crippen molar-refractivity contribution >= 4 is 6.01 Å². The Bertz CT molecular complexity index is 485. The summed E-state index contributed by atoms with van der Waals surface area (Å²) in [6.07, 6.45) is 1.19. The van der Waals surface area contributed by atoms with Gasteiger partial charge in [0.15, 0.2) is 5.76 Å². The van der Waals surface area contributed by atoms with Crippen molar-refractivity contribution in [2.45, 2.75) is 6.92 Å². The molecule has 0 atom stereocenters. The molecule has 0 saturated heterocycles. The summed E-state index contributed by atoms with van der Waals surface area (Å²) in [7, 11) is 0. The molecule has 0 aliphatic heterocycles. The van der Waals surface area contributed by atoms with Gasteiger partial charge in [-0.3, -0.25) is 0 Å². The standard InChI is InChI=1S/C10H8F2N2O/c1-5-2-6(11)9(7(12)3-5)8-4-14-10(13)15-8/h2-4H,1H3,(H2,13,14). The van der Waals surface area contributed by atoms with Gasteiger partial charge in [-0.1, -0.05) is 0 Å². The molecule has 0 aliphatic carbocycles. The third kappa shape index (κ3) is 1.68. The van der Waals surface area contributed by atoms with Gasteiger partial charge in [-0.05, 0) is 24.6 Å². The van der Waals surface area contributed by atoms with Crippen molar-refractivity contribution in [3.63, 3.8) is 0 Å². The molecule has 0 spiro atoms. The third-order valence-corrected chi connectivity index (χ3v) is 1.96. The number of halogens is 2. The number of rotatable bonds is 1. The van der Waals surface area contributed by atoms with Crippen LogP contribution < -0.4 is 5.73 Å². The Labute approximate surface area is 84.5 Å². The molecule has 78 valence electrons. The largest absolute Gasteiger partial charge is 0.424 e. The molecular formula is C10H8F2N2O. The number of aromatic nitrogens is 1. The maximum absolute atomic E-state index is 13.4. The molecule has 15 heavy (non-hydrogen) atoms. The Morgan fingerprint density at radius 1 is 1.27 bits per heavy atom. The van der Waals surface area contributed by atoms with Crippen molar-refractivity contribution in [1.82, 2.24) is 4.98 Å². The van der Waals surface area contributed by atoms with Gasteiger partial charge in [0, 0.05) is 0 Å². The zero-order valence-electron chi connectivity index (χ0n) is 7.92. The van der Waals surface area contributed by atoms with Crippen LogP contribution in [0, 0.1) is 18.6 Å². The first-order valence-electron chi connectivity index (χ1n) is 4.25. The van der Waals surface area contributed by atoms with Gasteiger partial charge < -0.3 is 10.2 Å². The fourth-order valence-electron chi connectivity index (χ4n) is 1.34. The second kappa shape index (κ2) is 3.34. The number of hydrogen-bond donors (Lipinski definition) is 1. The molecule has 0 radical (unpaired) electrons. The molecule has 2 rings (SSSR count). The highest BCUT2D eigenvalue weighted by Gasteiger charge is 2.15. The highest BCUT2D eigenvalue weighted by atomic mass is 19.1. The maximum atomic E-state index is 13.4. The summed E-state index contributed by atoms with van der Waals surface area (Å²) in [5, 5.41) is 0. The zero-order chi connectivity index (χ0) is 11.0. The molecule has 0 fully saturated rings. The molecule has 0 bridgehead atoms. The number of aryl methyl sites for hydroxylation is 1. The summed E-state index contributed by atoms with van der Waals surface area (Å²) in [4.78, 5) is 3.58. The van der Waals surface area contributed by atoms with Gasteiger partial charge in [-0.15, -0.1) is 0 Å². The highest BCUT2D eigenvalue weighted by Crippen LogP contribution is 2.28. The minimum atomic E-state index is -0.691. The van der Waals surface area contributed by atoms with E-state index in [-0.39, 0.29) is 17.3 Å². The minimum Gasteiger partial charge on any atom is -0.424 e. The van der Waals surface area contributed by atoms with Gasteiger partial charge in [0.05, 0.1) is 11.8 Å². The number of hydrogen-bond acceptors (Lipinski definition) is 3. The smallest absolute Gasteiger partial charge is 0.292 e. The van der Waals surface area contributed by atoms with E-state index in [2.05, 4.69) is 4.98 Å². The van der Waals surface area contributed by atoms with Crippen LogP contribution in [0.3, 0.4) is 0 Å². The van der Waals surface area contributed by atoms with Crippen LogP contribution in [0.5, 0.6) is 0 Å². The molecule has 2 N–H and O–H groups in total. The van der Waals surface area contributed by atoms with E-state index in [1.54, 1.807) is 6.92 Å². The highest BCUT2D eigenvalue weighted by molar-refractivity contribution is 5.59. The summed E-state index contributed by atoms with van der Waals surface area (Å²) in [5.74, 6) is -1.39.